The second kappa shape index (κ2) is 4.56. The number of hydrogen-bond donors (Lipinski definition) is 2. The molecule has 0 aliphatic heterocycles. The Balaban J connectivity index is 2.09. The fraction of sp³-hybridized carbons (Fsp3) is 0.571. The fourth-order valence-corrected chi connectivity index (χ4v) is 2.50. The normalized spacial score (nSPS) is 25.5. The zero-order valence-corrected chi connectivity index (χ0v) is 10.5. The molecule has 3 atom stereocenters. The molecule has 1 aromatic carbocycles. The molecule has 0 heterocycles. The van der Waals surface area contributed by atoms with E-state index in [1.165, 1.54) is 23.1 Å². The van der Waals surface area contributed by atoms with E-state index in [1.807, 2.05) is 0 Å². The molecule has 3 N–H and O–H groups in total. The van der Waals surface area contributed by atoms with Gasteiger partial charge in [0.2, 0.25) is 0 Å². The van der Waals surface area contributed by atoms with Crippen molar-refractivity contribution < 1.29 is 0 Å². The van der Waals surface area contributed by atoms with Gasteiger partial charge in [0, 0.05) is 6.04 Å². The fourth-order valence-electron chi connectivity index (χ4n) is 2.50. The largest absolute Gasteiger partial charge is 0.271 e. The van der Waals surface area contributed by atoms with Gasteiger partial charge < -0.3 is 0 Å². The molecule has 0 saturated heterocycles. The lowest BCUT2D eigenvalue weighted by Gasteiger charge is -2.17. The highest BCUT2D eigenvalue weighted by Gasteiger charge is 2.38. The van der Waals surface area contributed by atoms with Crippen LogP contribution in [0.1, 0.15) is 30.0 Å². The summed E-state index contributed by atoms with van der Waals surface area (Å²) in [5.74, 6) is 7.27. The topological polar surface area (TPSA) is 38.0 Å². The molecule has 1 fully saturated rings. The van der Waals surface area contributed by atoms with Crippen molar-refractivity contribution in [3.63, 3.8) is 0 Å². The Morgan fingerprint density at radius 2 is 2.12 bits per heavy atom. The Morgan fingerprint density at radius 1 is 1.44 bits per heavy atom. The van der Waals surface area contributed by atoms with E-state index in [9.17, 15) is 0 Å². The van der Waals surface area contributed by atoms with Crippen LogP contribution in [0, 0.1) is 25.7 Å². The molecule has 0 spiro atoms. The number of benzene rings is 1. The predicted octanol–water partition coefficient (Wildman–Crippen LogP) is 2.33. The number of nitrogens with two attached hydrogens (primary N) is 1. The van der Waals surface area contributed by atoms with E-state index in [-0.39, 0.29) is 0 Å². The van der Waals surface area contributed by atoms with Gasteiger partial charge in [-0.05, 0) is 49.7 Å². The third kappa shape index (κ3) is 2.45. The van der Waals surface area contributed by atoms with Crippen LogP contribution in [-0.4, -0.2) is 6.04 Å². The molecule has 2 heteroatoms. The number of nitrogens with one attached hydrogen (secondary N) is 1. The van der Waals surface area contributed by atoms with E-state index >= 15 is 0 Å². The van der Waals surface area contributed by atoms with Gasteiger partial charge in [0.1, 0.15) is 0 Å². The maximum Gasteiger partial charge on any atom is 0.0281 e. The van der Waals surface area contributed by atoms with Crippen molar-refractivity contribution in [2.24, 2.45) is 17.7 Å². The van der Waals surface area contributed by atoms with Gasteiger partial charge >= 0.3 is 0 Å². The third-order valence-corrected chi connectivity index (χ3v) is 3.85. The second-order valence-electron chi connectivity index (χ2n) is 5.28. The molecule has 2 rings (SSSR count). The minimum absolute atomic E-state index is 0.440. The van der Waals surface area contributed by atoms with Crippen molar-refractivity contribution >= 4 is 0 Å². The Hall–Kier alpha value is -0.860. The van der Waals surface area contributed by atoms with E-state index in [2.05, 4.69) is 44.4 Å². The van der Waals surface area contributed by atoms with E-state index in [4.69, 9.17) is 5.84 Å². The summed E-state index contributed by atoms with van der Waals surface area (Å²) in [6.45, 7) is 6.63. The maximum atomic E-state index is 5.66. The second-order valence-corrected chi connectivity index (χ2v) is 5.28. The molecule has 3 unspecified atom stereocenters. The van der Waals surface area contributed by atoms with Gasteiger partial charge in [-0.1, -0.05) is 30.7 Å². The summed E-state index contributed by atoms with van der Waals surface area (Å²) in [6, 6.07) is 7.10. The lowest BCUT2D eigenvalue weighted by atomic mass is 9.96. The minimum atomic E-state index is 0.440. The monoisotopic (exact) mass is 218 g/mol. The van der Waals surface area contributed by atoms with Crippen LogP contribution in [0.2, 0.25) is 0 Å². The molecular weight excluding hydrogens is 196 g/mol. The van der Waals surface area contributed by atoms with Gasteiger partial charge in [0.05, 0.1) is 0 Å². The summed E-state index contributed by atoms with van der Waals surface area (Å²) >= 11 is 0. The Kier molecular flexibility index (Phi) is 3.31. The first-order valence-corrected chi connectivity index (χ1v) is 6.14. The van der Waals surface area contributed by atoms with Crippen molar-refractivity contribution in [1.82, 2.24) is 5.43 Å². The van der Waals surface area contributed by atoms with Crippen LogP contribution in [0.15, 0.2) is 18.2 Å². The van der Waals surface area contributed by atoms with Crippen LogP contribution in [0.25, 0.3) is 0 Å². The zero-order valence-electron chi connectivity index (χ0n) is 10.5. The molecule has 0 radical (unpaired) electrons. The summed E-state index contributed by atoms with van der Waals surface area (Å²) in [7, 11) is 0. The van der Waals surface area contributed by atoms with Crippen LogP contribution >= 0.6 is 0 Å². The van der Waals surface area contributed by atoms with Gasteiger partial charge in [0.25, 0.3) is 0 Å². The summed E-state index contributed by atoms with van der Waals surface area (Å²) in [6.07, 6.45) is 2.37. The first kappa shape index (κ1) is 11.6. The molecule has 0 aromatic heterocycles. The van der Waals surface area contributed by atoms with E-state index in [0.29, 0.717) is 6.04 Å². The average Bonchev–Trinajstić information content (AvgIpc) is 2.97. The molecule has 0 amide bonds. The predicted molar refractivity (Wildman–Crippen MR) is 68.0 cm³/mol. The first-order valence-electron chi connectivity index (χ1n) is 6.14. The smallest absolute Gasteiger partial charge is 0.0281 e. The standard InChI is InChI=1S/C14H22N2/c1-9-4-5-10(2)12(6-9)8-14(16-15)13-7-11(13)3/h4-6,11,13-14,16H,7-8,15H2,1-3H3. The van der Waals surface area contributed by atoms with Gasteiger partial charge in [-0.2, -0.15) is 0 Å². The van der Waals surface area contributed by atoms with Gasteiger partial charge in [-0.3, -0.25) is 11.3 Å². The minimum Gasteiger partial charge on any atom is -0.271 e. The molecule has 2 nitrogen and oxygen atoms in total. The molecular formula is C14H22N2. The van der Waals surface area contributed by atoms with Crippen molar-refractivity contribution in [2.75, 3.05) is 0 Å². The first-order chi connectivity index (χ1) is 7.61. The van der Waals surface area contributed by atoms with Crippen LogP contribution in [-0.2, 0) is 6.42 Å². The quantitative estimate of drug-likeness (QED) is 0.601. The highest BCUT2D eigenvalue weighted by atomic mass is 15.2. The molecule has 1 aliphatic carbocycles. The van der Waals surface area contributed by atoms with Crippen LogP contribution < -0.4 is 11.3 Å². The summed E-state index contributed by atoms with van der Waals surface area (Å²) in [5.41, 5.74) is 7.13. The zero-order chi connectivity index (χ0) is 11.7. The number of rotatable bonds is 4. The van der Waals surface area contributed by atoms with Crippen LogP contribution in [0.3, 0.4) is 0 Å². The number of hydrogen-bond acceptors (Lipinski definition) is 2. The molecule has 1 saturated carbocycles. The highest BCUT2D eigenvalue weighted by molar-refractivity contribution is 5.31. The summed E-state index contributed by atoms with van der Waals surface area (Å²) in [4.78, 5) is 0. The van der Waals surface area contributed by atoms with Crippen molar-refractivity contribution in [1.29, 1.82) is 0 Å². The highest BCUT2D eigenvalue weighted by Crippen LogP contribution is 2.41. The average molecular weight is 218 g/mol. The lowest BCUT2D eigenvalue weighted by molar-refractivity contribution is 0.453. The molecule has 88 valence electrons. The lowest BCUT2D eigenvalue weighted by Crippen LogP contribution is -2.39. The van der Waals surface area contributed by atoms with E-state index in [0.717, 1.165) is 18.3 Å². The van der Waals surface area contributed by atoms with Gasteiger partial charge in [0.15, 0.2) is 0 Å². The Bertz CT molecular complexity index is 373. The van der Waals surface area contributed by atoms with Gasteiger partial charge in [-0.15, -0.1) is 0 Å². The van der Waals surface area contributed by atoms with E-state index in [1.54, 1.807) is 0 Å². The maximum absolute atomic E-state index is 5.66. The SMILES string of the molecule is Cc1ccc(C)c(CC(NN)C2CC2C)c1. The van der Waals surface area contributed by atoms with Crippen molar-refractivity contribution in [3.8, 4) is 0 Å². The summed E-state index contributed by atoms with van der Waals surface area (Å²) < 4.78 is 0. The number of aryl methyl sites for hydroxylation is 2. The Labute approximate surface area is 98.2 Å². The molecule has 1 aromatic rings. The Morgan fingerprint density at radius 3 is 2.69 bits per heavy atom. The summed E-state index contributed by atoms with van der Waals surface area (Å²) in [5, 5.41) is 0. The van der Waals surface area contributed by atoms with Crippen molar-refractivity contribution in [3.05, 3.63) is 34.9 Å². The molecule has 16 heavy (non-hydrogen) atoms. The van der Waals surface area contributed by atoms with Crippen molar-refractivity contribution in [2.45, 2.75) is 39.7 Å². The number of hydrazine groups is 1. The van der Waals surface area contributed by atoms with Gasteiger partial charge in [-0.25, -0.2) is 0 Å². The molecule has 1 aliphatic rings. The molecule has 0 bridgehead atoms. The van der Waals surface area contributed by atoms with E-state index < -0.39 is 0 Å². The third-order valence-electron chi connectivity index (χ3n) is 3.85. The van der Waals surface area contributed by atoms with Crippen LogP contribution in [0.4, 0.5) is 0 Å². The van der Waals surface area contributed by atoms with Crippen LogP contribution in [0.5, 0.6) is 0 Å².